The summed E-state index contributed by atoms with van der Waals surface area (Å²) < 4.78 is 5.52. The molecule has 2 heterocycles. The first kappa shape index (κ1) is 21.5. The second-order valence-electron chi connectivity index (χ2n) is 7.43. The van der Waals surface area contributed by atoms with Crippen molar-refractivity contribution in [3.63, 3.8) is 0 Å². The van der Waals surface area contributed by atoms with Crippen molar-refractivity contribution in [2.24, 2.45) is 0 Å². The Balaban J connectivity index is 1.67. The number of hydrogen-bond acceptors (Lipinski definition) is 6. The molecule has 0 aliphatic carbocycles. The number of anilines is 2. The van der Waals surface area contributed by atoms with Crippen molar-refractivity contribution in [3.05, 3.63) is 59.2 Å². The van der Waals surface area contributed by atoms with Crippen LogP contribution >= 0.6 is 12.2 Å². The summed E-state index contributed by atoms with van der Waals surface area (Å²) in [4.78, 5) is 40.3. The van der Waals surface area contributed by atoms with Crippen LogP contribution in [0.1, 0.15) is 28.8 Å². The molecule has 0 unspecified atom stereocenters. The van der Waals surface area contributed by atoms with E-state index in [0.29, 0.717) is 17.0 Å². The van der Waals surface area contributed by atoms with Gasteiger partial charge in [0.1, 0.15) is 11.3 Å². The third-order valence-corrected chi connectivity index (χ3v) is 5.75. The van der Waals surface area contributed by atoms with Crippen LogP contribution in [0, 0.1) is 0 Å². The number of benzene rings is 2. The van der Waals surface area contributed by atoms with E-state index in [1.807, 2.05) is 18.2 Å². The molecule has 2 saturated heterocycles. The molecule has 2 aliphatic heterocycles. The summed E-state index contributed by atoms with van der Waals surface area (Å²) in [6.45, 7) is 1.97. The van der Waals surface area contributed by atoms with Crippen LogP contribution in [0.4, 0.5) is 11.4 Å². The number of nitrogens with one attached hydrogen (secondary N) is 1. The highest BCUT2D eigenvalue weighted by Crippen LogP contribution is 2.30. The lowest BCUT2D eigenvalue weighted by molar-refractivity contribution is -0.122. The van der Waals surface area contributed by atoms with Crippen LogP contribution < -0.4 is 19.9 Å². The zero-order chi connectivity index (χ0) is 22.8. The molecule has 0 saturated carbocycles. The molecule has 0 bridgehead atoms. The van der Waals surface area contributed by atoms with Gasteiger partial charge in [-0.05, 0) is 67.5 Å². The number of hydrogen-bond donors (Lipinski definition) is 2. The first-order valence-electron chi connectivity index (χ1n) is 10.1. The normalized spacial score (nSPS) is 17.7. The van der Waals surface area contributed by atoms with E-state index < -0.39 is 17.8 Å². The predicted molar refractivity (Wildman–Crippen MR) is 124 cm³/mol. The Bertz CT molecular complexity index is 1140. The van der Waals surface area contributed by atoms with E-state index in [9.17, 15) is 14.4 Å². The number of carbonyl (C=O) groups excluding carboxylic acids is 2. The molecular formula is C23H21N3O5S. The molecule has 4 rings (SSSR count). The number of carboxylic acid groups (broad SMARTS) is 1. The van der Waals surface area contributed by atoms with E-state index in [4.69, 9.17) is 22.1 Å². The first-order chi connectivity index (χ1) is 15.4. The Morgan fingerprint density at radius 2 is 1.75 bits per heavy atom. The maximum atomic E-state index is 13.2. The molecule has 2 aliphatic rings. The summed E-state index contributed by atoms with van der Waals surface area (Å²) >= 11 is 5.19. The maximum Gasteiger partial charge on any atom is 0.335 e. The van der Waals surface area contributed by atoms with Crippen molar-refractivity contribution in [2.45, 2.75) is 12.8 Å². The molecule has 2 N–H and O–H groups in total. The number of carboxylic acids is 1. The largest absolute Gasteiger partial charge is 0.496 e. The summed E-state index contributed by atoms with van der Waals surface area (Å²) in [5.74, 6) is -1.74. The van der Waals surface area contributed by atoms with Crippen LogP contribution in [-0.2, 0) is 9.59 Å². The van der Waals surface area contributed by atoms with Crippen molar-refractivity contribution in [1.29, 1.82) is 0 Å². The fraction of sp³-hybridized carbons (Fsp3) is 0.217. The fourth-order valence-electron chi connectivity index (χ4n) is 3.79. The number of rotatable bonds is 5. The Hall–Kier alpha value is -3.72. The van der Waals surface area contributed by atoms with Crippen molar-refractivity contribution in [1.82, 2.24) is 5.32 Å². The van der Waals surface area contributed by atoms with Gasteiger partial charge in [0.2, 0.25) is 0 Å². The minimum absolute atomic E-state index is 0.0726. The Morgan fingerprint density at radius 1 is 1.09 bits per heavy atom. The van der Waals surface area contributed by atoms with Gasteiger partial charge in [0.25, 0.3) is 11.8 Å². The van der Waals surface area contributed by atoms with Crippen LogP contribution in [0.3, 0.4) is 0 Å². The predicted octanol–water partition coefficient (Wildman–Crippen LogP) is 2.82. The highest BCUT2D eigenvalue weighted by atomic mass is 32.1. The molecule has 9 heteroatoms. The lowest BCUT2D eigenvalue weighted by Crippen LogP contribution is -2.54. The summed E-state index contributed by atoms with van der Waals surface area (Å²) in [6, 6.07) is 11.3. The van der Waals surface area contributed by atoms with Gasteiger partial charge in [0.05, 0.1) is 18.4 Å². The van der Waals surface area contributed by atoms with Crippen LogP contribution in [0.25, 0.3) is 6.08 Å². The molecule has 2 fully saturated rings. The molecule has 2 aromatic rings. The molecule has 2 aromatic carbocycles. The number of methoxy groups -OCH3 is 1. The topological polar surface area (TPSA) is 99.2 Å². The zero-order valence-corrected chi connectivity index (χ0v) is 18.1. The molecule has 0 radical (unpaired) electrons. The van der Waals surface area contributed by atoms with Gasteiger partial charge in [-0.15, -0.1) is 0 Å². The lowest BCUT2D eigenvalue weighted by Gasteiger charge is -2.29. The average molecular weight is 452 g/mol. The van der Waals surface area contributed by atoms with Gasteiger partial charge in [0, 0.05) is 30.4 Å². The van der Waals surface area contributed by atoms with Gasteiger partial charge in [-0.2, -0.15) is 0 Å². The second kappa shape index (κ2) is 8.80. The third kappa shape index (κ3) is 4.06. The molecule has 8 nitrogen and oxygen atoms in total. The first-order valence-corrected chi connectivity index (χ1v) is 10.5. The molecule has 164 valence electrons. The molecule has 2 amide bonds. The molecule has 32 heavy (non-hydrogen) atoms. The number of carbonyl (C=O) groups is 3. The standard InChI is InChI=1S/C23H21N3O5S/c1-31-19-13-17(25-10-2-3-11-25)9-6-15(19)12-18-20(27)24-23(32)26(21(18)28)16-7-4-14(5-8-16)22(29)30/h4-9,12-13H,2-3,10-11H2,1H3,(H,29,30)(H,24,27,32)/b18-12+. The maximum absolute atomic E-state index is 13.2. The molecule has 0 spiro atoms. The summed E-state index contributed by atoms with van der Waals surface area (Å²) in [6.07, 6.45) is 3.77. The number of ether oxygens (including phenoxy) is 1. The van der Waals surface area contributed by atoms with Crippen molar-refractivity contribution in [3.8, 4) is 5.75 Å². The Kier molecular flexibility index (Phi) is 5.91. The summed E-state index contributed by atoms with van der Waals surface area (Å²) in [5.41, 5.74) is 1.94. The van der Waals surface area contributed by atoms with Gasteiger partial charge in [0.15, 0.2) is 5.11 Å². The number of thiocarbonyl (C=S) groups is 1. The lowest BCUT2D eigenvalue weighted by atomic mass is 10.1. The van der Waals surface area contributed by atoms with Gasteiger partial charge >= 0.3 is 5.97 Å². The summed E-state index contributed by atoms with van der Waals surface area (Å²) in [7, 11) is 1.54. The summed E-state index contributed by atoms with van der Waals surface area (Å²) in [5, 5.41) is 11.5. The smallest absolute Gasteiger partial charge is 0.335 e. The van der Waals surface area contributed by atoms with E-state index in [1.165, 1.54) is 35.2 Å². The molecule has 0 aromatic heterocycles. The monoisotopic (exact) mass is 451 g/mol. The highest BCUT2D eigenvalue weighted by Gasteiger charge is 2.34. The molecular weight excluding hydrogens is 430 g/mol. The van der Waals surface area contributed by atoms with Crippen LogP contribution in [0.2, 0.25) is 0 Å². The SMILES string of the molecule is COc1cc(N2CCCC2)ccc1/C=C1\C(=O)NC(=S)N(c2ccc(C(=O)O)cc2)C1=O. The third-order valence-electron chi connectivity index (χ3n) is 5.46. The van der Waals surface area contributed by atoms with Gasteiger partial charge in [-0.25, -0.2) is 4.79 Å². The minimum Gasteiger partial charge on any atom is -0.496 e. The number of amides is 2. The van der Waals surface area contributed by atoms with Gasteiger partial charge < -0.3 is 14.7 Å². The van der Waals surface area contributed by atoms with Crippen molar-refractivity contribution < 1.29 is 24.2 Å². The quantitative estimate of drug-likeness (QED) is 0.410. The van der Waals surface area contributed by atoms with Gasteiger partial charge in [-0.3, -0.25) is 19.8 Å². The Morgan fingerprint density at radius 3 is 2.38 bits per heavy atom. The number of nitrogens with zero attached hydrogens (tertiary/aromatic N) is 2. The average Bonchev–Trinajstić information content (AvgIpc) is 3.32. The van der Waals surface area contributed by atoms with Crippen molar-refractivity contribution in [2.75, 3.05) is 30.0 Å². The fourth-order valence-corrected chi connectivity index (χ4v) is 4.07. The van der Waals surface area contributed by atoms with E-state index in [0.717, 1.165) is 31.6 Å². The van der Waals surface area contributed by atoms with Gasteiger partial charge in [-0.1, -0.05) is 0 Å². The van der Waals surface area contributed by atoms with Crippen LogP contribution in [0.15, 0.2) is 48.0 Å². The van der Waals surface area contributed by atoms with Crippen molar-refractivity contribution >= 4 is 52.6 Å². The Labute approximate surface area is 190 Å². The van der Waals surface area contributed by atoms with E-state index in [1.54, 1.807) is 7.11 Å². The second-order valence-corrected chi connectivity index (χ2v) is 7.82. The van der Waals surface area contributed by atoms with E-state index in [2.05, 4.69) is 10.2 Å². The van der Waals surface area contributed by atoms with Crippen LogP contribution in [-0.4, -0.2) is 48.2 Å². The zero-order valence-electron chi connectivity index (χ0n) is 17.3. The minimum atomic E-state index is -1.08. The van der Waals surface area contributed by atoms with E-state index >= 15 is 0 Å². The highest BCUT2D eigenvalue weighted by molar-refractivity contribution is 7.80. The number of aromatic carboxylic acids is 1. The van der Waals surface area contributed by atoms with E-state index in [-0.39, 0.29) is 16.2 Å². The molecule has 0 atom stereocenters. The van der Waals surface area contributed by atoms with Crippen LogP contribution in [0.5, 0.6) is 5.75 Å².